The Kier molecular flexibility index (Phi) is 11.2. The number of benzene rings is 1. The van der Waals surface area contributed by atoms with E-state index in [2.05, 4.69) is 5.32 Å². The van der Waals surface area contributed by atoms with Gasteiger partial charge in [-0.1, -0.05) is 36.4 Å². The van der Waals surface area contributed by atoms with E-state index in [1.807, 2.05) is 72.1 Å². The highest BCUT2D eigenvalue weighted by atomic mass is 127. The van der Waals surface area contributed by atoms with Crippen LogP contribution in [0.1, 0.15) is 49.5 Å². The molecule has 1 aromatic carbocycles. The van der Waals surface area contributed by atoms with Crippen molar-refractivity contribution in [2.75, 3.05) is 13.2 Å². The molecule has 0 aromatic heterocycles. The zero-order chi connectivity index (χ0) is 24.7. The van der Waals surface area contributed by atoms with E-state index in [0.717, 1.165) is 12.8 Å². The Balaban J connectivity index is 3.17. The minimum absolute atomic E-state index is 0.0967. The van der Waals surface area contributed by atoms with E-state index in [1.54, 1.807) is 13.0 Å². The summed E-state index contributed by atoms with van der Waals surface area (Å²) < 4.78 is 5.82. The summed E-state index contributed by atoms with van der Waals surface area (Å²) in [5, 5.41) is 14.3. The second kappa shape index (κ2) is 12.4. The fraction of sp³-hybridized carbons (Fsp3) is 0.524. The topological polar surface area (TPSA) is 119 Å². The van der Waals surface area contributed by atoms with Gasteiger partial charge in [0.1, 0.15) is 5.57 Å². The van der Waals surface area contributed by atoms with Crippen molar-refractivity contribution < 1.29 is 24.0 Å². The van der Waals surface area contributed by atoms with Crippen molar-refractivity contribution in [3.63, 3.8) is 0 Å². The van der Waals surface area contributed by atoms with Crippen LogP contribution in [0.2, 0.25) is 18.1 Å². The number of halogens is 2. The predicted molar refractivity (Wildman–Crippen MR) is 144 cm³/mol. The molecule has 0 atom stereocenters. The average molecular weight is 688 g/mol. The van der Waals surface area contributed by atoms with Crippen molar-refractivity contribution in [1.82, 2.24) is 5.32 Å². The largest absolute Gasteiger partial charge is 0.462 e. The summed E-state index contributed by atoms with van der Waals surface area (Å²) in [5.74, 6) is -1.40. The third-order valence-corrected chi connectivity index (χ3v) is 10.5. The maximum Gasteiger partial charge on any atom is 0.343 e. The number of ether oxygens (including phenoxy) is 1. The number of Topliss-reactive ketones (excluding diaryl/α,β-unsaturated/α-hetero) is 1. The van der Waals surface area contributed by atoms with E-state index >= 15 is 0 Å². The summed E-state index contributed by atoms with van der Waals surface area (Å²) in [5.41, 5.74) is 0.0376. The number of esters is 1. The van der Waals surface area contributed by atoms with Gasteiger partial charge in [-0.15, -0.1) is 0 Å². The van der Waals surface area contributed by atoms with Crippen molar-refractivity contribution >= 4 is 70.9 Å². The number of rotatable bonds is 12. The van der Waals surface area contributed by atoms with E-state index in [-0.39, 0.29) is 38.5 Å². The van der Waals surface area contributed by atoms with Gasteiger partial charge in [0.05, 0.1) is 17.1 Å². The number of carbonyl (C=O) groups excluding carboxylic acids is 2. The number of nitro benzene ring substituents is 1. The van der Waals surface area contributed by atoms with Gasteiger partial charge in [0.2, 0.25) is 5.78 Å². The van der Waals surface area contributed by atoms with Gasteiger partial charge in [0, 0.05) is 32.4 Å². The third kappa shape index (κ3) is 7.76. The molecule has 0 heterocycles. The lowest BCUT2D eigenvalue weighted by atomic mass is 9.98. The van der Waals surface area contributed by atoms with E-state index in [9.17, 15) is 24.5 Å². The van der Waals surface area contributed by atoms with E-state index in [0.29, 0.717) is 10.1 Å². The van der Waals surface area contributed by atoms with Crippen molar-refractivity contribution in [3.05, 3.63) is 48.7 Å². The molecule has 1 rings (SSSR count). The fourth-order valence-corrected chi connectivity index (χ4v) is 5.01. The minimum atomic E-state index is -2.32. The molecule has 0 spiro atoms. The van der Waals surface area contributed by atoms with Gasteiger partial charge < -0.3 is 14.8 Å². The van der Waals surface area contributed by atoms with Crippen LogP contribution in [0.15, 0.2) is 23.9 Å². The third-order valence-electron chi connectivity index (χ3n) is 5.53. The Labute approximate surface area is 217 Å². The Morgan fingerprint density at radius 3 is 2.47 bits per heavy atom. The van der Waals surface area contributed by atoms with Crippen LogP contribution in [0.25, 0.3) is 0 Å². The standard InChI is InChI=1S/C21H30I2N2O6Si/c1-6-31-20(27)17(13-24-9-7-8-21(2,3)32(4,5)30)19(26)15-10-14(23)11-18(25(28)29)16(15)12-22/h10-11,13,24,30H,6-9,12H2,1-5H3. The Morgan fingerprint density at radius 2 is 1.97 bits per heavy atom. The molecular weight excluding hydrogens is 658 g/mol. The lowest BCUT2D eigenvalue weighted by Crippen LogP contribution is -2.39. The Hall–Kier alpha value is -1.06. The number of alkyl halides is 1. The van der Waals surface area contributed by atoms with Crippen molar-refractivity contribution in [1.29, 1.82) is 0 Å². The quantitative estimate of drug-likeness (QED) is 0.0268. The van der Waals surface area contributed by atoms with Gasteiger partial charge >= 0.3 is 5.97 Å². The van der Waals surface area contributed by atoms with Crippen LogP contribution >= 0.6 is 45.2 Å². The lowest BCUT2D eigenvalue weighted by molar-refractivity contribution is -0.385. The molecule has 0 aliphatic carbocycles. The van der Waals surface area contributed by atoms with Gasteiger partial charge in [0.15, 0.2) is 8.32 Å². The molecule has 11 heteroatoms. The van der Waals surface area contributed by atoms with Crippen LogP contribution in [0.3, 0.4) is 0 Å². The first-order chi connectivity index (χ1) is 14.8. The molecule has 178 valence electrons. The van der Waals surface area contributed by atoms with Crippen LogP contribution in [-0.2, 0) is 14.0 Å². The summed E-state index contributed by atoms with van der Waals surface area (Å²) in [4.78, 5) is 47.1. The van der Waals surface area contributed by atoms with Crippen molar-refractivity contribution in [3.8, 4) is 0 Å². The molecule has 0 unspecified atom stereocenters. The number of hydrogen-bond donors (Lipinski definition) is 2. The van der Waals surface area contributed by atoms with Crippen LogP contribution in [-0.4, -0.2) is 42.9 Å². The molecule has 32 heavy (non-hydrogen) atoms. The molecule has 0 aliphatic heterocycles. The summed E-state index contributed by atoms with van der Waals surface area (Å²) >= 11 is 3.88. The number of hydrogen-bond acceptors (Lipinski definition) is 7. The highest BCUT2D eigenvalue weighted by Gasteiger charge is 2.37. The van der Waals surface area contributed by atoms with Crippen molar-refractivity contribution in [2.45, 2.75) is 56.2 Å². The second-order valence-electron chi connectivity index (χ2n) is 8.45. The van der Waals surface area contributed by atoms with Gasteiger partial charge in [-0.2, -0.15) is 0 Å². The molecule has 8 nitrogen and oxygen atoms in total. The van der Waals surface area contributed by atoms with Gasteiger partial charge in [0.25, 0.3) is 5.69 Å². The number of nitrogens with zero attached hydrogens (tertiary/aromatic N) is 1. The second-order valence-corrected chi connectivity index (χ2v) is 14.9. The van der Waals surface area contributed by atoms with E-state index in [4.69, 9.17) is 4.74 Å². The molecule has 0 fully saturated rings. The maximum absolute atomic E-state index is 13.3. The number of carbonyl (C=O) groups is 2. The summed E-state index contributed by atoms with van der Waals surface area (Å²) in [6.45, 7) is 10.1. The highest BCUT2D eigenvalue weighted by molar-refractivity contribution is 14.1. The van der Waals surface area contributed by atoms with Gasteiger partial charge in [-0.3, -0.25) is 14.9 Å². The molecule has 0 aliphatic rings. The Bertz CT molecular complexity index is 897. The normalized spacial score (nSPS) is 12.4. The van der Waals surface area contributed by atoms with Gasteiger partial charge in [-0.05, 0) is 66.6 Å². The summed E-state index contributed by atoms with van der Waals surface area (Å²) in [6, 6.07) is 2.96. The molecule has 2 N–H and O–H groups in total. The SMILES string of the molecule is CCOC(=O)C(=CNCCCC(C)(C)[Si](C)(C)O)C(=O)c1cc(I)cc([N+](=O)[O-])c1CI. The van der Waals surface area contributed by atoms with E-state index in [1.165, 1.54) is 12.3 Å². The highest BCUT2D eigenvalue weighted by Crippen LogP contribution is 2.39. The molecule has 0 amide bonds. The first-order valence-corrected chi connectivity index (χ1v) is 15.7. The Morgan fingerprint density at radius 1 is 1.34 bits per heavy atom. The smallest absolute Gasteiger partial charge is 0.343 e. The molecular formula is C21H30I2N2O6Si. The average Bonchev–Trinajstić information content (AvgIpc) is 2.68. The first kappa shape index (κ1) is 29.0. The summed E-state index contributed by atoms with van der Waals surface area (Å²) in [6.07, 6.45) is 2.85. The van der Waals surface area contributed by atoms with Crippen LogP contribution in [0.5, 0.6) is 0 Å². The number of ketones is 1. The zero-order valence-corrected chi connectivity index (χ0v) is 24.3. The number of nitro groups is 1. The van der Waals surface area contributed by atoms with Crippen LogP contribution in [0.4, 0.5) is 5.69 Å². The minimum Gasteiger partial charge on any atom is -0.462 e. The molecule has 0 saturated carbocycles. The summed E-state index contributed by atoms with van der Waals surface area (Å²) in [7, 11) is -2.32. The number of nitrogens with one attached hydrogen (secondary N) is 1. The van der Waals surface area contributed by atoms with Crippen LogP contribution in [0, 0.1) is 13.7 Å². The molecule has 0 saturated heterocycles. The molecule has 0 bridgehead atoms. The first-order valence-electron chi connectivity index (χ1n) is 10.2. The van der Waals surface area contributed by atoms with Crippen LogP contribution < -0.4 is 5.32 Å². The molecule has 0 radical (unpaired) electrons. The van der Waals surface area contributed by atoms with Crippen molar-refractivity contribution in [2.24, 2.45) is 0 Å². The predicted octanol–water partition coefficient (Wildman–Crippen LogP) is 5.11. The zero-order valence-electron chi connectivity index (χ0n) is 19.0. The van der Waals surface area contributed by atoms with E-state index < -0.39 is 25.0 Å². The lowest BCUT2D eigenvalue weighted by Gasteiger charge is -2.35. The molecule has 1 aromatic rings. The fourth-order valence-electron chi connectivity index (χ4n) is 2.81. The van der Waals surface area contributed by atoms with Gasteiger partial charge in [-0.25, -0.2) is 4.79 Å². The monoisotopic (exact) mass is 688 g/mol. The maximum atomic E-state index is 13.3.